The van der Waals surface area contributed by atoms with Crippen molar-refractivity contribution < 1.29 is 10.2 Å². The number of aromatic nitrogens is 4. The fraction of sp³-hybridized carbons (Fsp3) is 0.389. The maximum absolute atomic E-state index is 10.6. The smallest absolute Gasteiger partial charge is 0.145 e. The van der Waals surface area contributed by atoms with Gasteiger partial charge in [-0.3, -0.25) is 4.98 Å². The monoisotopic (exact) mass is 339 g/mol. The molecule has 1 saturated carbocycles. The predicted octanol–water partition coefficient (Wildman–Crippen LogP) is 1.32. The zero-order valence-electron chi connectivity index (χ0n) is 13.7. The number of hydrogen-bond acceptors (Lipinski definition) is 6. The topological polar surface area (TPSA) is 110 Å². The van der Waals surface area contributed by atoms with Gasteiger partial charge in [0.05, 0.1) is 17.5 Å². The van der Waals surface area contributed by atoms with Crippen molar-refractivity contribution in [2.75, 3.05) is 5.73 Å². The van der Waals surface area contributed by atoms with E-state index in [0.717, 1.165) is 23.8 Å². The number of nitrogens with zero attached hydrogens (tertiary/aromatic N) is 4. The summed E-state index contributed by atoms with van der Waals surface area (Å²) in [5.41, 5.74) is 7.72. The van der Waals surface area contributed by atoms with Crippen LogP contribution in [0.2, 0.25) is 0 Å². The molecule has 0 saturated heterocycles. The van der Waals surface area contributed by atoms with Gasteiger partial charge in [0.2, 0.25) is 0 Å². The SMILES string of the molecule is Nc1ncnc2c1ccn2[C@@H]1C[C@H](CCc2cccnc2)[C@@H](O)[C@H]1O. The average Bonchev–Trinajstić information content (AvgIpc) is 3.18. The zero-order chi connectivity index (χ0) is 17.4. The summed E-state index contributed by atoms with van der Waals surface area (Å²) in [6.45, 7) is 0. The van der Waals surface area contributed by atoms with Gasteiger partial charge in [0.1, 0.15) is 23.9 Å². The van der Waals surface area contributed by atoms with Crippen LogP contribution in [0.15, 0.2) is 43.1 Å². The van der Waals surface area contributed by atoms with Gasteiger partial charge in [-0.25, -0.2) is 9.97 Å². The van der Waals surface area contributed by atoms with Crippen LogP contribution < -0.4 is 5.73 Å². The van der Waals surface area contributed by atoms with Crippen molar-refractivity contribution >= 4 is 16.9 Å². The van der Waals surface area contributed by atoms with Crippen LogP contribution in [0.1, 0.15) is 24.4 Å². The summed E-state index contributed by atoms with van der Waals surface area (Å²) >= 11 is 0. The predicted molar refractivity (Wildman–Crippen MR) is 93.7 cm³/mol. The van der Waals surface area contributed by atoms with Gasteiger partial charge in [-0.15, -0.1) is 0 Å². The number of nitrogen functional groups attached to an aromatic ring is 1. The van der Waals surface area contributed by atoms with Crippen molar-refractivity contribution in [1.29, 1.82) is 0 Å². The van der Waals surface area contributed by atoms with Crippen LogP contribution in [0.3, 0.4) is 0 Å². The molecule has 3 aromatic heterocycles. The van der Waals surface area contributed by atoms with Crippen LogP contribution in [-0.4, -0.2) is 41.9 Å². The lowest BCUT2D eigenvalue weighted by Crippen LogP contribution is -2.29. The third-order valence-corrected chi connectivity index (χ3v) is 5.20. The van der Waals surface area contributed by atoms with Crippen molar-refractivity contribution in [3.8, 4) is 0 Å². The number of pyridine rings is 1. The highest BCUT2D eigenvalue weighted by Crippen LogP contribution is 2.39. The summed E-state index contributed by atoms with van der Waals surface area (Å²) in [6.07, 6.45) is 7.62. The third-order valence-electron chi connectivity index (χ3n) is 5.20. The summed E-state index contributed by atoms with van der Waals surface area (Å²) < 4.78 is 1.91. The molecular weight excluding hydrogens is 318 g/mol. The molecule has 0 aliphatic heterocycles. The van der Waals surface area contributed by atoms with E-state index in [9.17, 15) is 10.2 Å². The third kappa shape index (κ3) is 2.85. The molecule has 0 bridgehead atoms. The highest BCUT2D eigenvalue weighted by atomic mass is 16.3. The van der Waals surface area contributed by atoms with Crippen LogP contribution in [0.5, 0.6) is 0 Å². The number of rotatable bonds is 4. The van der Waals surface area contributed by atoms with E-state index in [1.165, 1.54) is 6.33 Å². The number of hydrogen-bond donors (Lipinski definition) is 3. The number of aryl methyl sites for hydroxylation is 1. The largest absolute Gasteiger partial charge is 0.390 e. The molecule has 7 heteroatoms. The van der Waals surface area contributed by atoms with E-state index in [4.69, 9.17) is 5.73 Å². The van der Waals surface area contributed by atoms with Gasteiger partial charge in [0.25, 0.3) is 0 Å². The summed E-state index contributed by atoms with van der Waals surface area (Å²) in [4.78, 5) is 12.4. The van der Waals surface area contributed by atoms with E-state index < -0.39 is 12.2 Å². The number of anilines is 1. The molecule has 7 nitrogen and oxygen atoms in total. The van der Waals surface area contributed by atoms with Crippen molar-refractivity contribution in [2.45, 2.75) is 37.5 Å². The quantitative estimate of drug-likeness (QED) is 0.661. The summed E-state index contributed by atoms with van der Waals surface area (Å²) in [5, 5.41) is 21.8. The molecule has 0 unspecified atom stereocenters. The molecule has 1 aliphatic carbocycles. The van der Waals surface area contributed by atoms with Crippen molar-refractivity contribution in [3.05, 3.63) is 48.7 Å². The van der Waals surface area contributed by atoms with Gasteiger partial charge in [0.15, 0.2) is 0 Å². The maximum Gasteiger partial charge on any atom is 0.145 e. The molecule has 3 aromatic rings. The first-order chi connectivity index (χ1) is 12.1. The summed E-state index contributed by atoms with van der Waals surface area (Å²) in [5.74, 6) is 0.446. The minimum absolute atomic E-state index is 0.0249. The molecule has 3 heterocycles. The molecule has 130 valence electrons. The maximum atomic E-state index is 10.6. The molecule has 0 spiro atoms. The minimum Gasteiger partial charge on any atom is -0.390 e. The lowest BCUT2D eigenvalue weighted by atomic mass is 9.97. The lowest BCUT2D eigenvalue weighted by Gasteiger charge is -2.19. The highest BCUT2D eigenvalue weighted by molar-refractivity contribution is 5.86. The van der Waals surface area contributed by atoms with E-state index in [1.807, 2.05) is 35.2 Å². The van der Waals surface area contributed by atoms with Gasteiger partial charge in [-0.05, 0) is 42.9 Å². The average molecular weight is 339 g/mol. The second kappa shape index (κ2) is 6.42. The van der Waals surface area contributed by atoms with Gasteiger partial charge in [0, 0.05) is 18.6 Å². The van der Waals surface area contributed by atoms with Crippen LogP contribution in [0.4, 0.5) is 5.82 Å². The Hall–Kier alpha value is -2.51. The van der Waals surface area contributed by atoms with E-state index in [2.05, 4.69) is 15.0 Å². The van der Waals surface area contributed by atoms with Gasteiger partial charge in [-0.1, -0.05) is 6.07 Å². The Labute approximate surface area is 145 Å². The van der Waals surface area contributed by atoms with Crippen molar-refractivity contribution in [1.82, 2.24) is 19.5 Å². The lowest BCUT2D eigenvalue weighted by molar-refractivity contribution is 0.00545. The standard InChI is InChI=1S/C18H21N5O2/c19-17-13-5-7-23(18(13)22-10-21-17)14-8-12(15(24)16(14)25)4-3-11-2-1-6-20-9-11/h1-2,5-7,9-10,12,14-16,24-25H,3-4,8H2,(H2,19,21,22)/t12-,14+,15+,16-/m0/s1. The van der Waals surface area contributed by atoms with Crippen LogP contribution >= 0.6 is 0 Å². The van der Waals surface area contributed by atoms with E-state index in [1.54, 1.807) is 6.20 Å². The van der Waals surface area contributed by atoms with Gasteiger partial charge >= 0.3 is 0 Å². The Bertz CT molecular complexity index is 866. The second-order valence-electron chi connectivity index (χ2n) is 6.66. The summed E-state index contributed by atoms with van der Waals surface area (Å²) in [7, 11) is 0. The second-order valence-corrected chi connectivity index (χ2v) is 6.66. The molecular formula is C18H21N5O2. The number of fused-ring (bicyclic) bond motifs is 1. The number of aliphatic hydroxyl groups is 2. The molecule has 4 atom stereocenters. The van der Waals surface area contributed by atoms with E-state index in [0.29, 0.717) is 17.9 Å². The molecule has 25 heavy (non-hydrogen) atoms. The fourth-order valence-corrected chi connectivity index (χ4v) is 3.82. The minimum atomic E-state index is -0.828. The molecule has 0 aromatic carbocycles. The first kappa shape index (κ1) is 16.0. The van der Waals surface area contributed by atoms with Crippen LogP contribution in [0.25, 0.3) is 11.0 Å². The fourth-order valence-electron chi connectivity index (χ4n) is 3.82. The van der Waals surface area contributed by atoms with Crippen molar-refractivity contribution in [3.63, 3.8) is 0 Å². The van der Waals surface area contributed by atoms with Crippen molar-refractivity contribution in [2.24, 2.45) is 5.92 Å². The molecule has 1 fully saturated rings. The molecule has 0 radical (unpaired) electrons. The Kier molecular flexibility index (Phi) is 4.10. The van der Waals surface area contributed by atoms with Gasteiger partial charge in [-0.2, -0.15) is 0 Å². The van der Waals surface area contributed by atoms with Crippen LogP contribution in [-0.2, 0) is 6.42 Å². The van der Waals surface area contributed by atoms with E-state index >= 15 is 0 Å². The normalized spacial score (nSPS) is 26.3. The van der Waals surface area contributed by atoms with Crippen LogP contribution in [0, 0.1) is 5.92 Å². The van der Waals surface area contributed by atoms with Gasteiger partial charge < -0.3 is 20.5 Å². The first-order valence-corrected chi connectivity index (χ1v) is 8.47. The molecule has 1 aliphatic rings. The highest BCUT2D eigenvalue weighted by Gasteiger charge is 2.42. The Morgan fingerprint density at radius 1 is 1.20 bits per heavy atom. The Morgan fingerprint density at radius 3 is 2.88 bits per heavy atom. The molecule has 4 N–H and O–H groups in total. The zero-order valence-corrected chi connectivity index (χ0v) is 13.7. The number of nitrogens with two attached hydrogens (primary N) is 1. The van der Waals surface area contributed by atoms with E-state index in [-0.39, 0.29) is 12.0 Å². The number of aliphatic hydroxyl groups excluding tert-OH is 2. The Morgan fingerprint density at radius 2 is 2.08 bits per heavy atom. The molecule has 4 rings (SSSR count). The summed E-state index contributed by atoms with van der Waals surface area (Å²) in [6, 6.07) is 5.57. The first-order valence-electron chi connectivity index (χ1n) is 8.47. The molecule has 0 amide bonds. The Balaban J connectivity index is 1.54.